The fourth-order valence-electron chi connectivity index (χ4n) is 5.33. The van der Waals surface area contributed by atoms with Crippen molar-refractivity contribution < 1.29 is 8.85 Å². The lowest BCUT2D eigenvalue weighted by molar-refractivity contribution is 0.00346. The topological polar surface area (TPSA) is 18.5 Å². The van der Waals surface area contributed by atoms with Gasteiger partial charge in [0, 0.05) is 18.3 Å². The maximum Gasteiger partial charge on any atom is 0.391 e. The van der Waals surface area contributed by atoms with Gasteiger partial charge in [-0.25, -0.2) is 0 Å². The Morgan fingerprint density at radius 1 is 0.810 bits per heavy atom. The van der Waals surface area contributed by atoms with Gasteiger partial charge < -0.3 is 8.85 Å². The molecule has 0 aromatic carbocycles. The largest absolute Gasteiger partial charge is 0.393 e. The molecule has 2 nitrogen and oxygen atoms in total. The highest BCUT2D eigenvalue weighted by molar-refractivity contribution is 6.48. The second kappa shape index (κ2) is 7.14. The molecule has 121 valence electrons. The fraction of sp³-hybridized carbons (Fsp3) is 1.00. The normalized spacial score (nSPS) is 37.6. The molecule has 21 heavy (non-hydrogen) atoms. The van der Waals surface area contributed by atoms with Crippen LogP contribution in [0, 0.1) is 17.8 Å². The van der Waals surface area contributed by atoms with E-state index in [1.807, 2.05) is 0 Å². The van der Waals surface area contributed by atoms with Crippen molar-refractivity contribution >= 4 is 9.28 Å². The molecule has 0 unspecified atom stereocenters. The highest BCUT2D eigenvalue weighted by atomic mass is 28.3. The Kier molecular flexibility index (Phi) is 5.44. The first-order valence-corrected chi connectivity index (χ1v) is 10.7. The molecule has 0 N–H and O–H groups in total. The van der Waals surface area contributed by atoms with E-state index < -0.39 is 9.28 Å². The van der Waals surface area contributed by atoms with E-state index in [9.17, 15) is 0 Å². The van der Waals surface area contributed by atoms with Crippen molar-refractivity contribution in [3.05, 3.63) is 0 Å². The molecule has 4 bridgehead atoms. The summed E-state index contributed by atoms with van der Waals surface area (Å²) in [4.78, 5) is 0. The standard InChI is InChI=1S/C18H33O2Si/c1-3-5-7-19-21(20-8-6-4-2)18-12-15-9-16(13-18)11-17(10-15)14-18/h15-17H,3-14H2,1-2H3. The number of unbranched alkanes of at least 4 members (excludes halogenated alkanes) is 2. The Labute approximate surface area is 132 Å². The first kappa shape index (κ1) is 16.0. The Bertz CT molecular complexity index is 286. The molecule has 0 heterocycles. The van der Waals surface area contributed by atoms with Crippen molar-refractivity contribution in [1.29, 1.82) is 0 Å². The Morgan fingerprint density at radius 3 is 1.62 bits per heavy atom. The zero-order valence-electron chi connectivity index (χ0n) is 14.0. The summed E-state index contributed by atoms with van der Waals surface area (Å²) in [5.41, 5.74) is 0. The summed E-state index contributed by atoms with van der Waals surface area (Å²) in [6.07, 6.45) is 13.6. The second-order valence-corrected chi connectivity index (χ2v) is 10.1. The van der Waals surface area contributed by atoms with E-state index in [4.69, 9.17) is 8.85 Å². The van der Waals surface area contributed by atoms with Gasteiger partial charge in [-0.1, -0.05) is 26.7 Å². The van der Waals surface area contributed by atoms with Crippen LogP contribution in [0.15, 0.2) is 0 Å². The quantitative estimate of drug-likeness (QED) is 0.437. The van der Waals surface area contributed by atoms with E-state index in [1.165, 1.54) is 64.2 Å². The lowest BCUT2D eigenvalue weighted by Crippen LogP contribution is -2.51. The Hall–Kier alpha value is 0.137. The molecule has 0 aliphatic heterocycles. The van der Waals surface area contributed by atoms with Gasteiger partial charge in [0.2, 0.25) is 0 Å². The van der Waals surface area contributed by atoms with Crippen molar-refractivity contribution in [2.75, 3.05) is 13.2 Å². The summed E-state index contributed by atoms with van der Waals surface area (Å²) in [5, 5.41) is 0.473. The first-order chi connectivity index (χ1) is 10.3. The fourth-order valence-corrected chi connectivity index (χ4v) is 8.05. The lowest BCUT2D eigenvalue weighted by atomic mass is 9.56. The predicted molar refractivity (Wildman–Crippen MR) is 88.3 cm³/mol. The molecule has 1 radical (unpaired) electrons. The van der Waals surface area contributed by atoms with E-state index in [0.29, 0.717) is 5.04 Å². The second-order valence-electron chi connectivity index (χ2n) is 7.89. The molecule has 4 rings (SSSR count). The van der Waals surface area contributed by atoms with Gasteiger partial charge in [-0.05, 0) is 69.1 Å². The van der Waals surface area contributed by atoms with Crippen molar-refractivity contribution in [3.63, 3.8) is 0 Å². The molecule has 4 aliphatic carbocycles. The zero-order valence-corrected chi connectivity index (χ0v) is 15.0. The molecule has 3 heteroatoms. The molecule has 4 saturated carbocycles. The summed E-state index contributed by atoms with van der Waals surface area (Å²) in [6, 6.07) is 0. The molecular formula is C18H33O2Si. The highest BCUT2D eigenvalue weighted by Crippen LogP contribution is 2.65. The molecule has 0 aromatic heterocycles. The van der Waals surface area contributed by atoms with Gasteiger partial charge in [-0.3, -0.25) is 0 Å². The van der Waals surface area contributed by atoms with Crippen molar-refractivity contribution in [3.8, 4) is 0 Å². The third-order valence-electron chi connectivity index (χ3n) is 5.93. The summed E-state index contributed by atoms with van der Waals surface area (Å²) >= 11 is 0. The van der Waals surface area contributed by atoms with Gasteiger partial charge in [0.1, 0.15) is 0 Å². The van der Waals surface area contributed by atoms with Crippen LogP contribution in [0.4, 0.5) is 0 Å². The monoisotopic (exact) mass is 309 g/mol. The molecule has 0 saturated heterocycles. The summed E-state index contributed by atoms with van der Waals surface area (Å²) in [6.45, 7) is 6.36. The van der Waals surface area contributed by atoms with Crippen molar-refractivity contribution in [2.45, 2.75) is 83.1 Å². The van der Waals surface area contributed by atoms with Gasteiger partial charge in [-0.2, -0.15) is 0 Å². The number of hydrogen-bond acceptors (Lipinski definition) is 2. The Balaban J connectivity index is 1.65. The van der Waals surface area contributed by atoms with Crippen LogP contribution in [0.3, 0.4) is 0 Å². The third kappa shape index (κ3) is 3.56. The van der Waals surface area contributed by atoms with Gasteiger partial charge in [0.15, 0.2) is 0 Å². The van der Waals surface area contributed by atoms with E-state index in [-0.39, 0.29) is 0 Å². The minimum atomic E-state index is -1.08. The van der Waals surface area contributed by atoms with Gasteiger partial charge in [0.25, 0.3) is 0 Å². The minimum absolute atomic E-state index is 0.473. The summed E-state index contributed by atoms with van der Waals surface area (Å²) in [5.74, 6) is 3.00. The van der Waals surface area contributed by atoms with Crippen LogP contribution < -0.4 is 0 Å². The van der Waals surface area contributed by atoms with Crippen LogP contribution in [-0.2, 0) is 8.85 Å². The van der Waals surface area contributed by atoms with Crippen LogP contribution in [0.5, 0.6) is 0 Å². The first-order valence-electron chi connectivity index (χ1n) is 9.38. The van der Waals surface area contributed by atoms with E-state index in [1.54, 1.807) is 0 Å². The lowest BCUT2D eigenvalue weighted by Gasteiger charge is -2.57. The van der Waals surface area contributed by atoms with Crippen LogP contribution in [0.1, 0.15) is 78.1 Å². The maximum atomic E-state index is 6.39. The van der Waals surface area contributed by atoms with Crippen LogP contribution >= 0.6 is 0 Å². The molecule has 4 fully saturated rings. The van der Waals surface area contributed by atoms with Crippen LogP contribution in [0.25, 0.3) is 0 Å². The Morgan fingerprint density at radius 2 is 1.24 bits per heavy atom. The highest BCUT2D eigenvalue weighted by Gasteiger charge is 2.57. The number of rotatable bonds is 9. The van der Waals surface area contributed by atoms with E-state index >= 15 is 0 Å². The van der Waals surface area contributed by atoms with Crippen LogP contribution in [-0.4, -0.2) is 22.5 Å². The van der Waals surface area contributed by atoms with Gasteiger partial charge in [-0.15, -0.1) is 0 Å². The summed E-state index contributed by atoms with van der Waals surface area (Å²) < 4.78 is 12.8. The molecular weight excluding hydrogens is 276 g/mol. The molecule has 0 atom stereocenters. The molecule has 0 spiro atoms. The van der Waals surface area contributed by atoms with Gasteiger partial charge in [0.05, 0.1) is 0 Å². The minimum Gasteiger partial charge on any atom is -0.393 e. The van der Waals surface area contributed by atoms with Crippen molar-refractivity contribution in [2.24, 2.45) is 17.8 Å². The third-order valence-corrected chi connectivity index (χ3v) is 8.34. The van der Waals surface area contributed by atoms with Crippen LogP contribution in [0.2, 0.25) is 5.04 Å². The average Bonchev–Trinajstić information content (AvgIpc) is 2.44. The molecule has 0 aromatic rings. The summed E-state index contributed by atoms with van der Waals surface area (Å²) in [7, 11) is -1.08. The smallest absolute Gasteiger partial charge is 0.391 e. The SMILES string of the molecule is CCCCO[Si](OCCCC)C12CC3CC(CC(C3)C1)C2. The maximum absolute atomic E-state index is 6.39. The predicted octanol–water partition coefficient (Wildman–Crippen LogP) is 5.08. The van der Waals surface area contributed by atoms with E-state index in [2.05, 4.69) is 13.8 Å². The average molecular weight is 310 g/mol. The molecule has 0 amide bonds. The molecule has 4 aliphatic rings. The van der Waals surface area contributed by atoms with E-state index in [0.717, 1.165) is 31.0 Å². The number of hydrogen-bond donors (Lipinski definition) is 0. The zero-order chi connectivity index (χ0) is 14.7. The van der Waals surface area contributed by atoms with Gasteiger partial charge >= 0.3 is 9.28 Å². The van der Waals surface area contributed by atoms with Crippen molar-refractivity contribution in [1.82, 2.24) is 0 Å².